The Labute approximate surface area is 130 Å². The topological polar surface area (TPSA) is 15.3 Å². The molecule has 1 aliphatic rings. The Morgan fingerprint density at radius 3 is 2.43 bits per heavy atom. The molecule has 1 aromatic rings. The van der Waals surface area contributed by atoms with E-state index in [1.165, 1.54) is 36.1 Å². The maximum absolute atomic E-state index is 3.75. The van der Waals surface area contributed by atoms with E-state index < -0.39 is 0 Å². The molecular formula is C19H32N2. The Balaban J connectivity index is 2.06. The summed E-state index contributed by atoms with van der Waals surface area (Å²) in [6, 6.07) is 8.28. The van der Waals surface area contributed by atoms with Crippen LogP contribution in [0.4, 0.5) is 0 Å². The van der Waals surface area contributed by atoms with Crippen LogP contribution in [0, 0.1) is 19.8 Å². The van der Waals surface area contributed by atoms with E-state index >= 15 is 0 Å². The molecule has 1 fully saturated rings. The summed E-state index contributed by atoms with van der Waals surface area (Å²) >= 11 is 0. The first-order chi connectivity index (χ1) is 9.97. The molecule has 2 nitrogen and oxygen atoms in total. The Bertz CT molecular complexity index is 433. The van der Waals surface area contributed by atoms with Crippen LogP contribution in [0.25, 0.3) is 0 Å². The second kappa shape index (κ2) is 7.42. The lowest BCUT2D eigenvalue weighted by Gasteiger charge is -2.41. The summed E-state index contributed by atoms with van der Waals surface area (Å²) in [5.41, 5.74) is 4.23. The van der Waals surface area contributed by atoms with E-state index in [-0.39, 0.29) is 0 Å². The van der Waals surface area contributed by atoms with Crippen molar-refractivity contribution in [2.24, 2.45) is 5.92 Å². The number of piperazine rings is 1. The molecule has 1 N–H and O–H groups in total. The van der Waals surface area contributed by atoms with Gasteiger partial charge in [0.25, 0.3) is 0 Å². The standard InChI is InChI=1S/C19H32N2/c1-6-19-11-20-18(7-14(2)3)13-21(19)12-17-9-15(4)8-16(5)10-17/h8-10,14,18-20H,6-7,11-13H2,1-5H3. The summed E-state index contributed by atoms with van der Waals surface area (Å²) < 4.78 is 0. The van der Waals surface area contributed by atoms with Crippen LogP contribution in [0.5, 0.6) is 0 Å². The van der Waals surface area contributed by atoms with Crippen molar-refractivity contribution in [2.45, 2.75) is 66.1 Å². The number of nitrogens with zero attached hydrogens (tertiary/aromatic N) is 1. The first-order valence-corrected chi connectivity index (χ1v) is 8.52. The van der Waals surface area contributed by atoms with E-state index in [4.69, 9.17) is 0 Å². The van der Waals surface area contributed by atoms with Crippen molar-refractivity contribution in [1.82, 2.24) is 10.2 Å². The first-order valence-electron chi connectivity index (χ1n) is 8.52. The van der Waals surface area contributed by atoms with Crippen LogP contribution in [-0.4, -0.2) is 30.1 Å². The highest BCUT2D eigenvalue weighted by atomic mass is 15.2. The largest absolute Gasteiger partial charge is 0.311 e. The zero-order valence-electron chi connectivity index (χ0n) is 14.4. The van der Waals surface area contributed by atoms with Gasteiger partial charge in [-0.15, -0.1) is 0 Å². The van der Waals surface area contributed by atoms with Gasteiger partial charge in [-0.05, 0) is 38.2 Å². The molecule has 1 aromatic carbocycles. The molecule has 1 heterocycles. The fourth-order valence-corrected chi connectivity index (χ4v) is 3.65. The normalized spacial score (nSPS) is 23.7. The molecule has 0 aliphatic carbocycles. The SMILES string of the molecule is CCC1CNC(CC(C)C)CN1Cc1cc(C)cc(C)c1. The minimum Gasteiger partial charge on any atom is -0.311 e. The number of nitrogens with one attached hydrogen (secondary N) is 1. The molecule has 2 unspecified atom stereocenters. The van der Waals surface area contributed by atoms with Crippen molar-refractivity contribution in [3.8, 4) is 0 Å². The molecule has 0 bridgehead atoms. The zero-order chi connectivity index (χ0) is 15.4. The molecular weight excluding hydrogens is 256 g/mol. The first kappa shape index (κ1) is 16.5. The fraction of sp³-hybridized carbons (Fsp3) is 0.684. The van der Waals surface area contributed by atoms with Gasteiger partial charge in [-0.2, -0.15) is 0 Å². The van der Waals surface area contributed by atoms with Crippen LogP contribution >= 0.6 is 0 Å². The quantitative estimate of drug-likeness (QED) is 0.884. The molecule has 0 radical (unpaired) electrons. The summed E-state index contributed by atoms with van der Waals surface area (Å²) in [4.78, 5) is 2.69. The van der Waals surface area contributed by atoms with Crippen molar-refractivity contribution in [3.05, 3.63) is 34.9 Å². The third-order valence-electron chi connectivity index (χ3n) is 4.51. The van der Waals surface area contributed by atoms with Crippen LogP contribution < -0.4 is 5.32 Å². The van der Waals surface area contributed by atoms with Gasteiger partial charge in [0.2, 0.25) is 0 Å². The predicted molar refractivity (Wildman–Crippen MR) is 91.7 cm³/mol. The molecule has 0 spiro atoms. The number of hydrogen-bond donors (Lipinski definition) is 1. The second-order valence-corrected chi connectivity index (χ2v) is 7.22. The smallest absolute Gasteiger partial charge is 0.0238 e. The third-order valence-corrected chi connectivity index (χ3v) is 4.51. The van der Waals surface area contributed by atoms with Gasteiger partial charge in [0.15, 0.2) is 0 Å². The van der Waals surface area contributed by atoms with Crippen molar-refractivity contribution < 1.29 is 0 Å². The molecule has 2 atom stereocenters. The maximum Gasteiger partial charge on any atom is 0.0238 e. The van der Waals surface area contributed by atoms with Crippen LogP contribution in [0.1, 0.15) is 50.3 Å². The molecule has 21 heavy (non-hydrogen) atoms. The Morgan fingerprint density at radius 1 is 1.19 bits per heavy atom. The van der Waals surface area contributed by atoms with E-state index in [1.807, 2.05) is 0 Å². The Morgan fingerprint density at radius 2 is 1.86 bits per heavy atom. The summed E-state index contributed by atoms with van der Waals surface area (Å²) in [6.07, 6.45) is 2.51. The second-order valence-electron chi connectivity index (χ2n) is 7.22. The maximum atomic E-state index is 3.75. The van der Waals surface area contributed by atoms with Crippen LogP contribution in [-0.2, 0) is 6.54 Å². The minimum atomic E-state index is 0.652. The Kier molecular flexibility index (Phi) is 5.83. The predicted octanol–water partition coefficient (Wildman–Crippen LogP) is 3.90. The van der Waals surface area contributed by atoms with E-state index in [0.29, 0.717) is 12.1 Å². The molecule has 1 saturated heterocycles. The lowest BCUT2D eigenvalue weighted by atomic mass is 9.98. The van der Waals surface area contributed by atoms with Crippen LogP contribution in [0.15, 0.2) is 18.2 Å². The van der Waals surface area contributed by atoms with Gasteiger partial charge in [-0.3, -0.25) is 4.90 Å². The van der Waals surface area contributed by atoms with Gasteiger partial charge in [-0.1, -0.05) is 50.1 Å². The number of aryl methyl sites for hydroxylation is 2. The number of hydrogen-bond acceptors (Lipinski definition) is 2. The van der Waals surface area contributed by atoms with E-state index in [0.717, 1.165) is 19.0 Å². The molecule has 118 valence electrons. The van der Waals surface area contributed by atoms with E-state index in [1.54, 1.807) is 0 Å². The summed E-state index contributed by atoms with van der Waals surface area (Å²) in [5.74, 6) is 0.767. The average Bonchev–Trinajstić information content (AvgIpc) is 2.37. The van der Waals surface area contributed by atoms with Gasteiger partial charge in [0, 0.05) is 31.7 Å². The number of rotatable bonds is 5. The average molecular weight is 288 g/mol. The molecule has 1 aliphatic heterocycles. The van der Waals surface area contributed by atoms with Crippen molar-refractivity contribution in [3.63, 3.8) is 0 Å². The van der Waals surface area contributed by atoms with Gasteiger partial charge < -0.3 is 5.32 Å². The van der Waals surface area contributed by atoms with Crippen molar-refractivity contribution in [2.75, 3.05) is 13.1 Å². The van der Waals surface area contributed by atoms with Crippen LogP contribution in [0.2, 0.25) is 0 Å². The lowest BCUT2D eigenvalue weighted by Crippen LogP contribution is -2.56. The van der Waals surface area contributed by atoms with Crippen LogP contribution in [0.3, 0.4) is 0 Å². The van der Waals surface area contributed by atoms with Gasteiger partial charge in [-0.25, -0.2) is 0 Å². The molecule has 0 amide bonds. The monoisotopic (exact) mass is 288 g/mol. The highest BCUT2D eigenvalue weighted by Crippen LogP contribution is 2.19. The lowest BCUT2D eigenvalue weighted by molar-refractivity contribution is 0.111. The van der Waals surface area contributed by atoms with Gasteiger partial charge in [0.05, 0.1) is 0 Å². The Hall–Kier alpha value is -0.860. The fourth-order valence-electron chi connectivity index (χ4n) is 3.65. The van der Waals surface area contributed by atoms with Crippen molar-refractivity contribution >= 4 is 0 Å². The van der Waals surface area contributed by atoms with Gasteiger partial charge >= 0.3 is 0 Å². The highest BCUT2D eigenvalue weighted by molar-refractivity contribution is 5.28. The third kappa shape index (κ3) is 4.82. The number of benzene rings is 1. The summed E-state index contributed by atoms with van der Waals surface area (Å²) in [6.45, 7) is 14.8. The van der Waals surface area contributed by atoms with E-state index in [2.05, 4.69) is 63.0 Å². The zero-order valence-corrected chi connectivity index (χ0v) is 14.4. The van der Waals surface area contributed by atoms with Gasteiger partial charge in [0.1, 0.15) is 0 Å². The van der Waals surface area contributed by atoms with E-state index in [9.17, 15) is 0 Å². The molecule has 2 rings (SSSR count). The molecule has 0 saturated carbocycles. The summed E-state index contributed by atoms with van der Waals surface area (Å²) in [7, 11) is 0. The highest BCUT2D eigenvalue weighted by Gasteiger charge is 2.27. The van der Waals surface area contributed by atoms with Crippen molar-refractivity contribution in [1.29, 1.82) is 0 Å². The summed E-state index contributed by atoms with van der Waals surface area (Å²) in [5, 5.41) is 3.75. The molecule has 0 aromatic heterocycles. The molecule has 2 heteroatoms. The minimum absolute atomic E-state index is 0.652.